The first-order valence-electron chi connectivity index (χ1n) is 6.68. The molecule has 2 rings (SSSR count). The molecule has 1 aromatic heterocycles. The number of aromatic nitrogens is 2. The lowest BCUT2D eigenvalue weighted by Crippen LogP contribution is -2.40. The van der Waals surface area contributed by atoms with Crippen molar-refractivity contribution in [1.82, 2.24) is 9.78 Å². The minimum Gasteiger partial charge on any atom is -0.394 e. The van der Waals surface area contributed by atoms with Crippen molar-refractivity contribution >= 4 is 11.5 Å². The van der Waals surface area contributed by atoms with Crippen molar-refractivity contribution in [1.29, 1.82) is 0 Å². The molecule has 1 saturated heterocycles. The third-order valence-corrected chi connectivity index (χ3v) is 3.74. The molecular formula is C13H24N4O2. The zero-order valence-electron chi connectivity index (χ0n) is 12.2. The first kappa shape index (κ1) is 14.1. The van der Waals surface area contributed by atoms with Crippen LogP contribution in [0, 0.1) is 0 Å². The summed E-state index contributed by atoms with van der Waals surface area (Å²) in [5.74, 6) is 1.17. The Morgan fingerprint density at radius 1 is 1.58 bits per heavy atom. The Balaban J connectivity index is 2.11. The smallest absolute Gasteiger partial charge is 0.147 e. The van der Waals surface area contributed by atoms with Gasteiger partial charge in [-0.25, -0.2) is 0 Å². The third kappa shape index (κ3) is 2.69. The molecule has 0 spiro atoms. The molecule has 1 atom stereocenters. The number of ether oxygens (including phenoxy) is 2. The summed E-state index contributed by atoms with van der Waals surface area (Å²) >= 11 is 0. The largest absolute Gasteiger partial charge is 0.394 e. The Morgan fingerprint density at radius 3 is 2.79 bits per heavy atom. The predicted molar refractivity (Wildman–Crippen MR) is 75.4 cm³/mol. The van der Waals surface area contributed by atoms with Gasteiger partial charge in [0.05, 0.1) is 18.0 Å². The van der Waals surface area contributed by atoms with Gasteiger partial charge in [-0.2, -0.15) is 5.10 Å². The molecular weight excluding hydrogens is 244 g/mol. The second-order valence-electron chi connectivity index (χ2n) is 5.47. The summed E-state index contributed by atoms with van der Waals surface area (Å²) in [7, 11) is 3.62. The van der Waals surface area contributed by atoms with Crippen LogP contribution in [-0.4, -0.2) is 42.2 Å². The highest BCUT2D eigenvalue weighted by Crippen LogP contribution is 2.29. The SMILES string of the molecule is COC1(CNc2c(N)c(C(C)C)nn2C)CCOC1. The van der Waals surface area contributed by atoms with Crippen LogP contribution in [-0.2, 0) is 16.5 Å². The van der Waals surface area contributed by atoms with Crippen molar-refractivity contribution in [2.24, 2.45) is 7.05 Å². The van der Waals surface area contributed by atoms with Gasteiger partial charge in [-0.1, -0.05) is 13.8 Å². The van der Waals surface area contributed by atoms with E-state index in [1.165, 1.54) is 0 Å². The fourth-order valence-electron chi connectivity index (χ4n) is 2.40. The maximum Gasteiger partial charge on any atom is 0.147 e. The Morgan fingerprint density at radius 2 is 2.32 bits per heavy atom. The molecule has 0 bridgehead atoms. The van der Waals surface area contributed by atoms with Gasteiger partial charge in [0.25, 0.3) is 0 Å². The molecule has 1 aromatic rings. The second-order valence-corrected chi connectivity index (χ2v) is 5.47. The minimum absolute atomic E-state index is 0.255. The number of nitrogens with zero attached hydrogens (tertiary/aromatic N) is 2. The number of hydrogen-bond donors (Lipinski definition) is 2. The van der Waals surface area contributed by atoms with E-state index in [1.807, 2.05) is 7.05 Å². The van der Waals surface area contributed by atoms with E-state index in [0.29, 0.717) is 19.1 Å². The molecule has 1 aliphatic heterocycles. The number of nitrogens with two attached hydrogens (primary N) is 1. The summed E-state index contributed by atoms with van der Waals surface area (Å²) in [5, 5.41) is 7.82. The van der Waals surface area contributed by atoms with Crippen molar-refractivity contribution in [2.45, 2.75) is 31.8 Å². The summed E-state index contributed by atoms with van der Waals surface area (Å²) in [6.45, 7) is 6.21. The van der Waals surface area contributed by atoms with Crippen LogP contribution >= 0.6 is 0 Å². The van der Waals surface area contributed by atoms with E-state index in [-0.39, 0.29) is 5.60 Å². The quantitative estimate of drug-likeness (QED) is 0.843. The molecule has 2 heterocycles. The number of hydrogen-bond acceptors (Lipinski definition) is 5. The molecule has 0 aliphatic carbocycles. The number of methoxy groups -OCH3 is 1. The minimum atomic E-state index is -0.255. The van der Waals surface area contributed by atoms with E-state index in [0.717, 1.165) is 30.2 Å². The van der Waals surface area contributed by atoms with Gasteiger partial charge >= 0.3 is 0 Å². The Hall–Kier alpha value is -1.27. The number of anilines is 2. The normalized spacial score (nSPS) is 23.2. The van der Waals surface area contributed by atoms with Gasteiger partial charge in [0, 0.05) is 33.7 Å². The first-order valence-corrected chi connectivity index (χ1v) is 6.68. The molecule has 3 N–H and O–H groups in total. The summed E-state index contributed by atoms with van der Waals surface area (Å²) in [4.78, 5) is 0. The Kier molecular flexibility index (Phi) is 4.01. The van der Waals surface area contributed by atoms with E-state index in [9.17, 15) is 0 Å². The first-order chi connectivity index (χ1) is 8.99. The van der Waals surface area contributed by atoms with Crippen LogP contribution in [0.3, 0.4) is 0 Å². The van der Waals surface area contributed by atoms with Crippen LogP contribution in [0.15, 0.2) is 0 Å². The van der Waals surface area contributed by atoms with Crippen molar-refractivity contribution in [3.8, 4) is 0 Å². The van der Waals surface area contributed by atoms with Gasteiger partial charge in [-0.05, 0) is 5.92 Å². The molecule has 0 aromatic carbocycles. The number of rotatable bonds is 5. The van der Waals surface area contributed by atoms with Crippen LogP contribution in [0.25, 0.3) is 0 Å². The van der Waals surface area contributed by atoms with Gasteiger partial charge in [-0.15, -0.1) is 0 Å². The maximum atomic E-state index is 6.16. The van der Waals surface area contributed by atoms with Gasteiger partial charge in [0.15, 0.2) is 0 Å². The predicted octanol–water partition coefficient (Wildman–Crippen LogP) is 1.34. The summed E-state index contributed by atoms with van der Waals surface area (Å²) in [6.07, 6.45) is 0.894. The molecule has 108 valence electrons. The number of nitrogens with one attached hydrogen (secondary N) is 1. The van der Waals surface area contributed by atoms with Gasteiger partial charge < -0.3 is 20.5 Å². The standard InChI is InChI=1S/C13H24N4O2/c1-9(2)11-10(14)12(17(3)16-11)15-7-13(18-4)5-6-19-8-13/h9,15H,5-8,14H2,1-4H3. The fraction of sp³-hybridized carbons (Fsp3) is 0.769. The van der Waals surface area contributed by atoms with E-state index < -0.39 is 0 Å². The molecule has 0 amide bonds. The van der Waals surface area contributed by atoms with Crippen molar-refractivity contribution in [3.63, 3.8) is 0 Å². The highest BCUT2D eigenvalue weighted by atomic mass is 16.5. The van der Waals surface area contributed by atoms with Crippen LogP contribution < -0.4 is 11.1 Å². The van der Waals surface area contributed by atoms with Crippen LogP contribution in [0.2, 0.25) is 0 Å². The number of nitrogen functional groups attached to an aromatic ring is 1. The number of aryl methyl sites for hydroxylation is 1. The average molecular weight is 268 g/mol. The lowest BCUT2D eigenvalue weighted by Gasteiger charge is -2.26. The molecule has 1 fully saturated rings. The van der Waals surface area contributed by atoms with E-state index >= 15 is 0 Å². The highest BCUT2D eigenvalue weighted by molar-refractivity contribution is 5.65. The van der Waals surface area contributed by atoms with Crippen molar-refractivity contribution in [2.75, 3.05) is 37.9 Å². The van der Waals surface area contributed by atoms with Crippen LogP contribution in [0.1, 0.15) is 31.9 Å². The molecule has 1 aliphatic rings. The summed E-state index contributed by atoms with van der Waals surface area (Å²) < 4.78 is 12.8. The summed E-state index contributed by atoms with van der Waals surface area (Å²) in [5.41, 5.74) is 7.56. The molecule has 6 heteroatoms. The van der Waals surface area contributed by atoms with E-state index in [2.05, 4.69) is 24.3 Å². The highest BCUT2D eigenvalue weighted by Gasteiger charge is 2.35. The lowest BCUT2D eigenvalue weighted by atomic mass is 10.0. The van der Waals surface area contributed by atoms with Crippen molar-refractivity contribution in [3.05, 3.63) is 5.69 Å². The monoisotopic (exact) mass is 268 g/mol. The fourth-order valence-corrected chi connectivity index (χ4v) is 2.40. The average Bonchev–Trinajstić information content (AvgIpc) is 2.94. The summed E-state index contributed by atoms with van der Waals surface area (Å²) in [6, 6.07) is 0. The third-order valence-electron chi connectivity index (χ3n) is 3.74. The molecule has 6 nitrogen and oxygen atoms in total. The second kappa shape index (κ2) is 5.38. The Bertz CT molecular complexity index is 436. The van der Waals surface area contributed by atoms with Crippen molar-refractivity contribution < 1.29 is 9.47 Å². The lowest BCUT2D eigenvalue weighted by molar-refractivity contribution is -0.00628. The van der Waals surface area contributed by atoms with Crippen LogP contribution in [0.4, 0.5) is 11.5 Å². The Labute approximate surface area is 114 Å². The van der Waals surface area contributed by atoms with E-state index in [1.54, 1.807) is 11.8 Å². The topological polar surface area (TPSA) is 74.3 Å². The van der Waals surface area contributed by atoms with E-state index in [4.69, 9.17) is 15.2 Å². The zero-order chi connectivity index (χ0) is 14.0. The van der Waals surface area contributed by atoms with Gasteiger partial charge in [-0.3, -0.25) is 4.68 Å². The van der Waals surface area contributed by atoms with Gasteiger partial charge in [0.1, 0.15) is 11.4 Å². The maximum absolute atomic E-state index is 6.16. The van der Waals surface area contributed by atoms with Crippen LogP contribution in [0.5, 0.6) is 0 Å². The zero-order valence-corrected chi connectivity index (χ0v) is 12.2. The van der Waals surface area contributed by atoms with Gasteiger partial charge in [0.2, 0.25) is 0 Å². The molecule has 19 heavy (non-hydrogen) atoms. The molecule has 0 radical (unpaired) electrons. The molecule has 1 unspecified atom stereocenters. The molecule has 0 saturated carbocycles.